The molecule has 0 radical (unpaired) electrons. The van der Waals surface area contributed by atoms with Crippen molar-refractivity contribution in [3.8, 4) is 0 Å². The Morgan fingerprint density at radius 1 is 1.38 bits per heavy atom. The van der Waals surface area contributed by atoms with Crippen LogP contribution in [0.3, 0.4) is 0 Å². The van der Waals surface area contributed by atoms with Crippen LogP contribution < -0.4 is 5.32 Å². The summed E-state index contributed by atoms with van der Waals surface area (Å²) in [6.07, 6.45) is 3.37. The molecule has 1 aromatic heterocycles. The average Bonchev–Trinajstić information content (AvgIpc) is 2.99. The minimum absolute atomic E-state index is 0.0779. The Morgan fingerprint density at radius 2 is 2.24 bits per heavy atom. The largest absolute Gasteiger partial charge is 0.367 e. The maximum absolute atomic E-state index is 5.83. The van der Waals surface area contributed by atoms with Crippen LogP contribution in [-0.4, -0.2) is 47.3 Å². The Labute approximate surface area is 126 Å². The van der Waals surface area contributed by atoms with Gasteiger partial charge in [-0.05, 0) is 46.6 Å². The number of hydrogen-bond donors (Lipinski definition) is 1. The fraction of sp³-hybridized carbons (Fsp3) is 0.867. The highest BCUT2D eigenvalue weighted by Gasteiger charge is 2.36. The first-order chi connectivity index (χ1) is 10.1. The molecule has 2 aliphatic heterocycles. The van der Waals surface area contributed by atoms with Gasteiger partial charge in [0.15, 0.2) is 0 Å². The Kier molecular flexibility index (Phi) is 4.28. The molecule has 0 bridgehead atoms. The number of hydrogen-bond acceptors (Lipinski definition) is 6. The maximum atomic E-state index is 5.83. The van der Waals surface area contributed by atoms with Crippen molar-refractivity contribution in [2.24, 2.45) is 0 Å². The Balaban J connectivity index is 1.72. The molecule has 0 saturated carbocycles. The van der Waals surface area contributed by atoms with Crippen LogP contribution in [0.2, 0.25) is 0 Å². The summed E-state index contributed by atoms with van der Waals surface area (Å²) in [5.74, 6) is 1.38. The molecule has 0 amide bonds. The highest BCUT2D eigenvalue weighted by molar-refractivity contribution is 5.05. The van der Waals surface area contributed by atoms with Crippen LogP contribution >= 0.6 is 0 Å². The molecule has 6 nitrogen and oxygen atoms in total. The van der Waals surface area contributed by atoms with Gasteiger partial charge in [-0.1, -0.05) is 5.16 Å². The van der Waals surface area contributed by atoms with Gasteiger partial charge in [0.1, 0.15) is 6.10 Å². The average molecular weight is 294 g/mol. The maximum Gasteiger partial charge on any atom is 0.246 e. The molecular weight excluding hydrogens is 268 g/mol. The van der Waals surface area contributed by atoms with E-state index in [1.165, 1.54) is 12.8 Å². The summed E-state index contributed by atoms with van der Waals surface area (Å²) in [6, 6.07) is 0.514. The van der Waals surface area contributed by atoms with Crippen molar-refractivity contribution in [1.82, 2.24) is 20.4 Å². The van der Waals surface area contributed by atoms with Gasteiger partial charge in [0.25, 0.3) is 0 Å². The van der Waals surface area contributed by atoms with Gasteiger partial charge in [-0.3, -0.25) is 4.90 Å². The standard InChI is InChI=1S/C15H26N4O2/c1-11(2)19-8-9-20-12(10-19)13-17-14(21-18-13)15(3)6-4-5-7-16-15/h11-12,16H,4-10H2,1-3H3. The first-order valence-electron chi connectivity index (χ1n) is 8.03. The normalized spacial score (nSPS) is 31.7. The fourth-order valence-corrected chi connectivity index (χ4v) is 3.12. The molecule has 2 atom stereocenters. The van der Waals surface area contributed by atoms with Crippen LogP contribution in [0, 0.1) is 0 Å². The lowest BCUT2D eigenvalue weighted by Crippen LogP contribution is -2.44. The number of ether oxygens (including phenoxy) is 1. The highest BCUT2D eigenvalue weighted by atomic mass is 16.5. The lowest BCUT2D eigenvalue weighted by Gasteiger charge is -2.34. The molecule has 1 N–H and O–H groups in total. The summed E-state index contributed by atoms with van der Waals surface area (Å²) in [6.45, 7) is 10.1. The van der Waals surface area contributed by atoms with Crippen molar-refractivity contribution in [3.05, 3.63) is 11.7 Å². The van der Waals surface area contributed by atoms with Crippen LogP contribution in [0.15, 0.2) is 4.52 Å². The van der Waals surface area contributed by atoms with Crippen molar-refractivity contribution in [2.45, 2.75) is 57.7 Å². The minimum Gasteiger partial charge on any atom is -0.367 e. The molecule has 0 aliphatic carbocycles. The smallest absolute Gasteiger partial charge is 0.246 e. The number of rotatable bonds is 3. The molecule has 1 aromatic rings. The third-order valence-electron chi connectivity index (χ3n) is 4.65. The van der Waals surface area contributed by atoms with E-state index >= 15 is 0 Å². The van der Waals surface area contributed by atoms with Crippen molar-refractivity contribution in [3.63, 3.8) is 0 Å². The molecule has 0 spiro atoms. The number of nitrogens with one attached hydrogen (secondary N) is 1. The quantitative estimate of drug-likeness (QED) is 0.918. The van der Waals surface area contributed by atoms with Gasteiger partial charge < -0.3 is 14.6 Å². The SMILES string of the molecule is CC(C)N1CCOC(c2noc(C3(C)CCCCN3)n2)C1. The summed E-state index contributed by atoms with van der Waals surface area (Å²) in [7, 11) is 0. The van der Waals surface area contributed by atoms with E-state index in [0.717, 1.165) is 32.7 Å². The van der Waals surface area contributed by atoms with Crippen LogP contribution in [0.25, 0.3) is 0 Å². The van der Waals surface area contributed by atoms with Crippen LogP contribution in [0.5, 0.6) is 0 Å². The van der Waals surface area contributed by atoms with Crippen LogP contribution in [0.4, 0.5) is 0 Å². The monoisotopic (exact) mass is 294 g/mol. The summed E-state index contributed by atoms with van der Waals surface area (Å²) in [5.41, 5.74) is -0.185. The van der Waals surface area contributed by atoms with Gasteiger partial charge >= 0.3 is 0 Å². The van der Waals surface area contributed by atoms with E-state index in [1.54, 1.807) is 0 Å². The van der Waals surface area contributed by atoms with Gasteiger partial charge in [-0.2, -0.15) is 4.98 Å². The molecule has 2 unspecified atom stereocenters. The van der Waals surface area contributed by atoms with E-state index in [2.05, 4.69) is 41.1 Å². The second-order valence-corrected chi connectivity index (χ2v) is 6.62. The van der Waals surface area contributed by atoms with Crippen LogP contribution in [0.1, 0.15) is 57.9 Å². The molecule has 2 fully saturated rings. The molecule has 118 valence electrons. The van der Waals surface area contributed by atoms with Gasteiger partial charge in [0.2, 0.25) is 11.7 Å². The lowest BCUT2D eigenvalue weighted by atomic mass is 9.91. The van der Waals surface area contributed by atoms with E-state index in [0.29, 0.717) is 17.8 Å². The number of aromatic nitrogens is 2. The summed E-state index contributed by atoms with van der Waals surface area (Å²) < 4.78 is 11.4. The molecule has 6 heteroatoms. The number of piperidine rings is 1. The molecule has 3 rings (SSSR count). The van der Waals surface area contributed by atoms with Crippen molar-refractivity contribution in [1.29, 1.82) is 0 Å². The topological polar surface area (TPSA) is 63.4 Å². The van der Waals surface area contributed by atoms with E-state index in [1.807, 2.05) is 0 Å². The summed E-state index contributed by atoms with van der Waals surface area (Å²) >= 11 is 0. The first-order valence-corrected chi connectivity index (χ1v) is 8.03. The Hall–Kier alpha value is -0.980. The van der Waals surface area contributed by atoms with Crippen LogP contribution in [-0.2, 0) is 10.3 Å². The molecular formula is C15H26N4O2. The second-order valence-electron chi connectivity index (χ2n) is 6.62. The fourth-order valence-electron chi connectivity index (χ4n) is 3.12. The van der Waals surface area contributed by atoms with E-state index in [9.17, 15) is 0 Å². The zero-order valence-corrected chi connectivity index (χ0v) is 13.3. The summed E-state index contributed by atoms with van der Waals surface area (Å²) in [4.78, 5) is 7.02. The molecule has 0 aromatic carbocycles. The third-order valence-corrected chi connectivity index (χ3v) is 4.65. The minimum atomic E-state index is -0.185. The predicted octanol–water partition coefficient (Wildman–Crippen LogP) is 1.84. The predicted molar refractivity (Wildman–Crippen MR) is 78.9 cm³/mol. The number of morpholine rings is 1. The molecule has 2 saturated heterocycles. The Bertz CT molecular complexity index is 468. The summed E-state index contributed by atoms with van der Waals surface area (Å²) in [5, 5.41) is 7.68. The van der Waals surface area contributed by atoms with Gasteiger partial charge in [-0.15, -0.1) is 0 Å². The van der Waals surface area contributed by atoms with E-state index in [-0.39, 0.29) is 11.6 Å². The van der Waals surface area contributed by atoms with E-state index < -0.39 is 0 Å². The van der Waals surface area contributed by atoms with E-state index in [4.69, 9.17) is 9.26 Å². The molecule has 2 aliphatic rings. The van der Waals surface area contributed by atoms with Gasteiger partial charge in [0.05, 0.1) is 12.1 Å². The molecule has 3 heterocycles. The Morgan fingerprint density at radius 3 is 2.95 bits per heavy atom. The first kappa shape index (κ1) is 14.9. The van der Waals surface area contributed by atoms with Crippen molar-refractivity contribution < 1.29 is 9.26 Å². The van der Waals surface area contributed by atoms with Crippen molar-refractivity contribution in [2.75, 3.05) is 26.2 Å². The zero-order valence-electron chi connectivity index (χ0n) is 13.3. The lowest BCUT2D eigenvalue weighted by molar-refractivity contribution is -0.0450. The molecule has 21 heavy (non-hydrogen) atoms. The number of nitrogens with zero attached hydrogens (tertiary/aromatic N) is 3. The third kappa shape index (κ3) is 3.12. The highest BCUT2D eigenvalue weighted by Crippen LogP contribution is 2.30. The zero-order chi connectivity index (χ0) is 14.9. The van der Waals surface area contributed by atoms with Crippen molar-refractivity contribution >= 4 is 0 Å². The second kappa shape index (κ2) is 6.02. The van der Waals surface area contributed by atoms with Gasteiger partial charge in [-0.25, -0.2) is 0 Å². The van der Waals surface area contributed by atoms with Gasteiger partial charge in [0, 0.05) is 19.1 Å².